The minimum absolute atomic E-state index is 0.171. The van der Waals surface area contributed by atoms with Gasteiger partial charge in [0.1, 0.15) is 0 Å². The number of carbonyl (C=O) groups is 1. The summed E-state index contributed by atoms with van der Waals surface area (Å²) < 4.78 is 0. The molecule has 0 bridgehead atoms. The lowest BCUT2D eigenvalue weighted by Crippen LogP contribution is -2.40. The Morgan fingerprint density at radius 3 is 2.70 bits per heavy atom. The Bertz CT molecular complexity index is 451. The second-order valence-corrected chi connectivity index (χ2v) is 6.77. The van der Waals surface area contributed by atoms with Crippen molar-refractivity contribution in [3.05, 3.63) is 29.8 Å². The van der Waals surface area contributed by atoms with Gasteiger partial charge in [-0.25, -0.2) is 0 Å². The quantitative estimate of drug-likeness (QED) is 0.828. The van der Waals surface area contributed by atoms with Crippen molar-refractivity contribution in [2.75, 3.05) is 5.73 Å². The van der Waals surface area contributed by atoms with Gasteiger partial charge in [0.25, 0.3) is 0 Å². The molecule has 1 amide bonds. The Morgan fingerprint density at radius 2 is 2.05 bits per heavy atom. The zero-order chi connectivity index (χ0) is 14.6. The van der Waals surface area contributed by atoms with Gasteiger partial charge in [0.05, 0.1) is 0 Å². The van der Waals surface area contributed by atoms with E-state index < -0.39 is 0 Å². The highest BCUT2D eigenvalue weighted by Gasteiger charge is 2.28. The van der Waals surface area contributed by atoms with Crippen molar-refractivity contribution >= 4 is 11.6 Å². The topological polar surface area (TPSA) is 55.1 Å². The molecule has 1 aliphatic rings. The Labute approximate surface area is 121 Å². The molecule has 20 heavy (non-hydrogen) atoms. The lowest BCUT2D eigenvalue weighted by molar-refractivity contribution is -0.122. The van der Waals surface area contributed by atoms with Crippen molar-refractivity contribution in [3.63, 3.8) is 0 Å². The molecule has 3 heteroatoms. The first-order chi connectivity index (χ1) is 9.44. The van der Waals surface area contributed by atoms with E-state index in [0.29, 0.717) is 17.9 Å². The van der Waals surface area contributed by atoms with Crippen LogP contribution in [0.5, 0.6) is 0 Å². The predicted octanol–water partition coefficient (Wildman–Crippen LogP) is 3.29. The Morgan fingerprint density at radius 1 is 1.35 bits per heavy atom. The molecule has 1 fully saturated rings. The number of nitrogens with one attached hydrogen (secondary N) is 1. The number of amides is 1. The first-order valence-electron chi connectivity index (χ1n) is 7.58. The summed E-state index contributed by atoms with van der Waals surface area (Å²) in [4.78, 5) is 12.0. The van der Waals surface area contributed by atoms with Crippen molar-refractivity contribution in [1.82, 2.24) is 5.32 Å². The molecule has 0 spiro atoms. The van der Waals surface area contributed by atoms with Crippen LogP contribution in [0.2, 0.25) is 0 Å². The lowest BCUT2D eigenvalue weighted by atomic mass is 9.75. The molecule has 3 N–H and O–H groups in total. The third-order valence-corrected chi connectivity index (χ3v) is 4.19. The minimum atomic E-state index is 0.171. The number of anilines is 1. The maximum absolute atomic E-state index is 12.0. The number of hydrogen-bond donors (Lipinski definition) is 2. The van der Waals surface area contributed by atoms with Gasteiger partial charge in [0.2, 0.25) is 5.91 Å². The summed E-state index contributed by atoms with van der Waals surface area (Å²) in [6.07, 6.45) is 6.04. The highest BCUT2D eigenvalue weighted by molar-refractivity contribution is 5.76. The molecule has 0 heterocycles. The number of nitrogen functional groups attached to an aromatic ring is 1. The minimum Gasteiger partial charge on any atom is -0.399 e. The van der Waals surface area contributed by atoms with E-state index in [1.165, 1.54) is 18.4 Å². The maximum atomic E-state index is 12.0. The molecule has 1 unspecified atom stereocenters. The molecule has 0 aliphatic heterocycles. The smallest absolute Gasteiger partial charge is 0.220 e. The van der Waals surface area contributed by atoms with Gasteiger partial charge < -0.3 is 11.1 Å². The highest BCUT2D eigenvalue weighted by atomic mass is 16.1. The van der Waals surface area contributed by atoms with Gasteiger partial charge in [-0.15, -0.1) is 0 Å². The fraction of sp³-hybridized carbons (Fsp3) is 0.588. The molecule has 0 saturated heterocycles. The first kappa shape index (κ1) is 14.9. The van der Waals surface area contributed by atoms with Crippen molar-refractivity contribution < 1.29 is 4.79 Å². The van der Waals surface area contributed by atoms with Crippen molar-refractivity contribution in [2.24, 2.45) is 5.41 Å². The van der Waals surface area contributed by atoms with Gasteiger partial charge in [0, 0.05) is 18.2 Å². The van der Waals surface area contributed by atoms with E-state index in [0.717, 1.165) is 24.9 Å². The molecule has 1 saturated carbocycles. The summed E-state index contributed by atoms with van der Waals surface area (Å²) in [5.41, 5.74) is 7.95. The SMILES string of the molecule is CC1(C)CCCC(NC(=O)CCc2ccc(N)cc2)C1. The number of nitrogens with two attached hydrogens (primary N) is 1. The molecule has 3 nitrogen and oxygen atoms in total. The van der Waals surface area contributed by atoms with E-state index in [1.54, 1.807) is 0 Å². The largest absolute Gasteiger partial charge is 0.399 e. The fourth-order valence-corrected chi connectivity index (χ4v) is 3.06. The average molecular weight is 274 g/mol. The predicted molar refractivity (Wildman–Crippen MR) is 83.4 cm³/mol. The van der Waals surface area contributed by atoms with Crippen LogP contribution < -0.4 is 11.1 Å². The zero-order valence-electron chi connectivity index (χ0n) is 12.6. The standard InChI is InChI=1S/C17H26N2O/c1-17(2)11-3-4-15(12-17)19-16(20)10-7-13-5-8-14(18)9-6-13/h5-6,8-9,15H,3-4,7,10-12,18H2,1-2H3,(H,19,20). The van der Waals surface area contributed by atoms with Gasteiger partial charge in [0.15, 0.2) is 0 Å². The van der Waals surface area contributed by atoms with E-state index in [4.69, 9.17) is 5.73 Å². The number of hydrogen-bond acceptors (Lipinski definition) is 2. The summed E-state index contributed by atoms with van der Waals surface area (Å²) in [5, 5.41) is 3.19. The third kappa shape index (κ3) is 4.55. The molecule has 1 aromatic carbocycles. The van der Waals surface area contributed by atoms with E-state index in [-0.39, 0.29) is 5.91 Å². The van der Waals surface area contributed by atoms with Crippen molar-refractivity contribution in [2.45, 2.75) is 58.4 Å². The number of aryl methyl sites for hydroxylation is 1. The maximum Gasteiger partial charge on any atom is 0.220 e. The zero-order valence-corrected chi connectivity index (χ0v) is 12.6. The Hall–Kier alpha value is -1.51. The van der Waals surface area contributed by atoms with E-state index in [9.17, 15) is 4.79 Å². The molecule has 110 valence electrons. The molecular weight excluding hydrogens is 248 g/mol. The summed E-state index contributed by atoms with van der Waals surface area (Å²) >= 11 is 0. The van der Waals surface area contributed by atoms with Crippen LogP contribution in [0.15, 0.2) is 24.3 Å². The summed E-state index contributed by atoms with van der Waals surface area (Å²) in [6.45, 7) is 4.58. The van der Waals surface area contributed by atoms with Crippen molar-refractivity contribution in [1.29, 1.82) is 0 Å². The number of rotatable bonds is 4. The van der Waals surface area contributed by atoms with Gasteiger partial charge >= 0.3 is 0 Å². The summed E-state index contributed by atoms with van der Waals surface area (Å²) in [5.74, 6) is 0.171. The van der Waals surface area contributed by atoms with Crippen LogP contribution in [0.1, 0.15) is 51.5 Å². The van der Waals surface area contributed by atoms with Gasteiger partial charge in [-0.05, 0) is 48.8 Å². The van der Waals surface area contributed by atoms with Gasteiger partial charge in [-0.3, -0.25) is 4.79 Å². The van der Waals surface area contributed by atoms with Crippen LogP contribution in [-0.2, 0) is 11.2 Å². The monoisotopic (exact) mass is 274 g/mol. The first-order valence-corrected chi connectivity index (χ1v) is 7.58. The van der Waals surface area contributed by atoms with Crippen LogP contribution in [0.3, 0.4) is 0 Å². The van der Waals surface area contributed by atoms with Crippen molar-refractivity contribution in [3.8, 4) is 0 Å². The second kappa shape index (κ2) is 6.29. The van der Waals surface area contributed by atoms with E-state index >= 15 is 0 Å². The number of benzene rings is 1. The van der Waals surface area contributed by atoms with Crippen LogP contribution in [0.25, 0.3) is 0 Å². The Balaban J connectivity index is 1.76. The van der Waals surface area contributed by atoms with Crippen LogP contribution in [-0.4, -0.2) is 11.9 Å². The van der Waals surface area contributed by atoms with E-state index in [2.05, 4.69) is 19.2 Å². The van der Waals surface area contributed by atoms with Gasteiger partial charge in [-0.2, -0.15) is 0 Å². The second-order valence-electron chi connectivity index (χ2n) is 6.77. The molecule has 1 aromatic rings. The van der Waals surface area contributed by atoms with Gasteiger partial charge in [-0.1, -0.05) is 32.4 Å². The normalized spacial score (nSPS) is 21.4. The lowest BCUT2D eigenvalue weighted by Gasteiger charge is -2.35. The highest BCUT2D eigenvalue weighted by Crippen LogP contribution is 2.35. The van der Waals surface area contributed by atoms with Crippen LogP contribution in [0.4, 0.5) is 5.69 Å². The summed E-state index contributed by atoms with van der Waals surface area (Å²) in [7, 11) is 0. The molecular formula is C17H26N2O. The fourth-order valence-electron chi connectivity index (χ4n) is 3.06. The third-order valence-electron chi connectivity index (χ3n) is 4.19. The molecule has 0 aromatic heterocycles. The molecule has 1 atom stereocenters. The molecule has 2 rings (SSSR count). The average Bonchev–Trinajstić information content (AvgIpc) is 2.37. The summed E-state index contributed by atoms with van der Waals surface area (Å²) in [6, 6.07) is 8.12. The molecule has 1 aliphatic carbocycles. The van der Waals surface area contributed by atoms with Crippen LogP contribution in [0, 0.1) is 5.41 Å². The Kier molecular flexibility index (Phi) is 4.69. The number of carbonyl (C=O) groups excluding carboxylic acids is 1. The van der Waals surface area contributed by atoms with E-state index in [1.807, 2.05) is 24.3 Å². The molecule has 0 radical (unpaired) electrons. The van der Waals surface area contributed by atoms with Crippen LogP contribution >= 0.6 is 0 Å².